The van der Waals surface area contributed by atoms with Gasteiger partial charge < -0.3 is 15.2 Å². The Hall–Kier alpha value is -1.30. The van der Waals surface area contributed by atoms with Gasteiger partial charge in [0.2, 0.25) is 5.91 Å². The van der Waals surface area contributed by atoms with Crippen molar-refractivity contribution in [3.8, 4) is 0 Å². The van der Waals surface area contributed by atoms with Crippen molar-refractivity contribution in [3.63, 3.8) is 0 Å². The summed E-state index contributed by atoms with van der Waals surface area (Å²) in [7, 11) is 0. The van der Waals surface area contributed by atoms with Crippen molar-refractivity contribution in [2.24, 2.45) is 0 Å². The lowest BCUT2D eigenvalue weighted by atomic mass is 9.98. The van der Waals surface area contributed by atoms with Gasteiger partial charge in [-0.1, -0.05) is 0 Å². The Morgan fingerprint density at radius 3 is 2.24 bits per heavy atom. The topological polar surface area (TPSA) is 78.9 Å². The number of carbonyl (C=O) groups is 2. The number of piperidine rings is 1. The van der Waals surface area contributed by atoms with E-state index in [2.05, 4.69) is 5.32 Å². The molecule has 6 heteroatoms. The van der Waals surface area contributed by atoms with E-state index < -0.39 is 23.8 Å². The monoisotopic (exact) mass is 300 g/mol. The summed E-state index contributed by atoms with van der Waals surface area (Å²) in [6.45, 7) is 11.3. The minimum absolute atomic E-state index is 0.237. The van der Waals surface area contributed by atoms with E-state index >= 15 is 0 Å². The fourth-order valence-electron chi connectivity index (χ4n) is 2.19. The summed E-state index contributed by atoms with van der Waals surface area (Å²) in [5.74, 6) is -0.257. The fraction of sp³-hybridized carbons (Fsp3) is 0.867. The number of hydrogen-bond acceptors (Lipinski definition) is 4. The highest BCUT2D eigenvalue weighted by Gasteiger charge is 2.38. The van der Waals surface area contributed by atoms with E-state index in [1.165, 1.54) is 4.90 Å². The average Bonchev–Trinajstić information content (AvgIpc) is 2.23. The minimum atomic E-state index is -0.692. The Bertz CT molecular complexity index is 395. The molecule has 1 heterocycles. The third-order valence-corrected chi connectivity index (χ3v) is 3.00. The van der Waals surface area contributed by atoms with Crippen molar-refractivity contribution in [1.29, 1.82) is 0 Å². The highest BCUT2D eigenvalue weighted by atomic mass is 16.6. The summed E-state index contributed by atoms with van der Waals surface area (Å²) >= 11 is 0. The van der Waals surface area contributed by atoms with Crippen molar-refractivity contribution >= 4 is 12.0 Å². The lowest BCUT2D eigenvalue weighted by Gasteiger charge is -2.38. The van der Waals surface area contributed by atoms with E-state index in [0.29, 0.717) is 13.0 Å². The molecule has 0 aromatic carbocycles. The highest BCUT2D eigenvalue weighted by Crippen LogP contribution is 2.21. The molecule has 0 spiro atoms. The average molecular weight is 300 g/mol. The van der Waals surface area contributed by atoms with Crippen molar-refractivity contribution in [3.05, 3.63) is 0 Å². The van der Waals surface area contributed by atoms with Gasteiger partial charge in [0.15, 0.2) is 0 Å². The van der Waals surface area contributed by atoms with Gasteiger partial charge in [0.05, 0.1) is 6.10 Å². The number of hydrogen-bond donors (Lipinski definition) is 2. The SMILES string of the molecule is CC(C)(C)NC(=O)C1CC(O)CCN1C(=O)OC(C)(C)C. The smallest absolute Gasteiger partial charge is 0.410 e. The Kier molecular flexibility index (Phi) is 5.25. The molecule has 1 aliphatic rings. The highest BCUT2D eigenvalue weighted by molar-refractivity contribution is 5.86. The van der Waals surface area contributed by atoms with Crippen LogP contribution in [0.2, 0.25) is 0 Å². The van der Waals surface area contributed by atoms with E-state index in [1.807, 2.05) is 20.8 Å². The molecule has 0 aromatic rings. The molecule has 2 atom stereocenters. The van der Waals surface area contributed by atoms with Crippen LogP contribution >= 0.6 is 0 Å². The molecular formula is C15H28N2O4. The number of nitrogens with one attached hydrogen (secondary N) is 1. The van der Waals surface area contributed by atoms with Gasteiger partial charge in [0.1, 0.15) is 11.6 Å². The molecule has 2 unspecified atom stereocenters. The maximum absolute atomic E-state index is 12.4. The Labute approximate surface area is 126 Å². The summed E-state index contributed by atoms with van der Waals surface area (Å²) in [5, 5.41) is 12.7. The van der Waals surface area contributed by atoms with Gasteiger partial charge in [-0.05, 0) is 48.0 Å². The molecule has 21 heavy (non-hydrogen) atoms. The number of rotatable bonds is 1. The van der Waals surface area contributed by atoms with Crippen molar-refractivity contribution in [1.82, 2.24) is 10.2 Å². The second-order valence-electron chi connectivity index (χ2n) is 7.61. The van der Waals surface area contributed by atoms with E-state index in [0.717, 1.165) is 0 Å². The molecule has 1 aliphatic heterocycles. The summed E-state index contributed by atoms with van der Waals surface area (Å²) < 4.78 is 5.35. The normalized spacial score (nSPS) is 23.7. The van der Waals surface area contributed by atoms with Crippen LogP contribution in [0.4, 0.5) is 4.79 Å². The zero-order valence-corrected chi connectivity index (χ0v) is 13.9. The Morgan fingerprint density at radius 1 is 1.19 bits per heavy atom. The van der Waals surface area contributed by atoms with Crippen LogP contribution in [0, 0.1) is 0 Å². The number of aliphatic hydroxyl groups is 1. The number of ether oxygens (including phenoxy) is 1. The number of aliphatic hydroxyl groups excluding tert-OH is 1. The Morgan fingerprint density at radius 2 is 1.76 bits per heavy atom. The molecule has 1 rings (SSSR count). The van der Waals surface area contributed by atoms with Gasteiger partial charge in [-0.25, -0.2) is 4.79 Å². The van der Waals surface area contributed by atoms with E-state index in [9.17, 15) is 14.7 Å². The standard InChI is InChI=1S/C15H28N2O4/c1-14(2,3)16-12(19)11-9-10(18)7-8-17(11)13(20)21-15(4,5)6/h10-11,18H,7-9H2,1-6H3,(H,16,19). The van der Waals surface area contributed by atoms with Crippen LogP contribution in [-0.4, -0.2) is 51.8 Å². The third kappa shape index (κ3) is 5.91. The number of nitrogens with zero attached hydrogens (tertiary/aromatic N) is 1. The largest absolute Gasteiger partial charge is 0.444 e. The van der Waals surface area contributed by atoms with Crippen LogP contribution in [0.3, 0.4) is 0 Å². The van der Waals surface area contributed by atoms with E-state index in [1.54, 1.807) is 20.8 Å². The number of amides is 2. The van der Waals surface area contributed by atoms with Crippen LogP contribution in [0.1, 0.15) is 54.4 Å². The second-order valence-corrected chi connectivity index (χ2v) is 7.61. The van der Waals surface area contributed by atoms with Crippen LogP contribution < -0.4 is 5.32 Å². The maximum Gasteiger partial charge on any atom is 0.410 e. The second kappa shape index (κ2) is 6.22. The quantitative estimate of drug-likeness (QED) is 0.772. The molecule has 2 N–H and O–H groups in total. The molecule has 1 fully saturated rings. The summed E-state index contributed by atoms with van der Waals surface area (Å²) in [4.78, 5) is 26.0. The van der Waals surface area contributed by atoms with Crippen molar-refractivity contribution in [2.75, 3.05) is 6.54 Å². The fourth-order valence-corrected chi connectivity index (χ4v) is 2.19. The van der Waals surface area contributed by atoms with Gasteiger partial charge in [0.25, 0.3) is 0 Å². The molecular weight excluding hydrogens is 272 g/mol. The molecule has 122 valence electrons. The van der Waals surface area contributed by atoms with Crippen LogP contribution in [-0.2, 0) is 9.53 Å². The Balaban J connectivity index is 2.84. The molecule has 0 aromatic heterocycles. The van der Waals surface area contributed by atoms with Crippen molar-refractivity contribution in [2.45, 2.75) is 77.7 Å². The molecule has 1 saturated heterocycles. The van der Waals surface area contributed by atoms with Gasteiger partial charge >= 0.3 is 6.09 Å². The molecule has 0 bridgehead atoms. The lowest BCUT2D eigenvalue weighted by Crippen LogP contribution is -2.58. The zero-order chi connectivity index (χ0) is 16.4. The molecule has 6 nitrogen and oxygen atoms in total. The van der Waals surface area contributed by atoms with Crippen LogP contribution in [0.25, 0.3) is 0 Å². The lowest BCUT2D eigenvalue weighted by molar-refractivity contribution is -0.130. The zero-order valence-electron chi connectivity index (χ0n) is 13.9. The molecule has 0 radical (unpaired) electrons. The summed E-state index contributed by atoms with van der Waals surface area (Å²) in [6, 6.07) is -0.692. The first-order valence-corrected chi connectivity index (χ1v) is 7.39. The predicted octanol–water partition coefficient (Wildman–Crippen LogP) is 1.66. The van der Waals surface area contributed by atoms with E-state index in [4.69, 9.17) is 4.74 Å². The molecule has 0 saturated carbocycles. The number of likely N-dealkylation sites (tertiary alicyclic amines) is 1. The van der Waals surface area contributed by atoms with Gasteiger partial charge in [0, 0.05) is 18.5 Å². The minimum Gasteiger partial charge on any atom is -0.444 e. The first kappa shape index (κ1) is 17.8. The van der Waals surface area contributed by atoms with Crippen molar-refractivity contribution < 1.29 is 19.4 Å². The number of carbonyl (C=O) groups excluding carboxylic acids is 2. The van der Waals surface area contributed by atoms with Gasteiger partial charge in [-0.3, -0.25) is 9.69 Å². The van der Waals surface area contributed by atoms with Gasteiger partial charge in [-0.2, -0.15) is 0 Å². The first-order chi connectivity index (χ1) is 9.39. The predicted molar refractivity (Wildman–Crippen MR) is 79.9 cm³/mol. The van der Waals surface area contributed by atoms with Crippen LogP contribution in [0.5, 0.6) is 0 Å². The summed E-state index contributed by atoms with van der Waals surface area (Å²) in [5.41, 5.74) is -1.00. The van der Waals surface area contributed by atoms with E-state index in [-0.39, 0.29) is 17.9 Å². The molecule has 2 amide bonds. The maximum atomic E-state index is 12.4. The van der Waals surface area contributed by atoms with Gasteiger partial charge in [-0.15, -0.1) is 0 Å². The van der Waals surface area contributed by atoms with Crippen LogP contribution in [0.15, 0.2) is 0 Å². The third-order valence-electron chi connectivity index (χ3n) is 3.00. The summed E-state index contributed by atoms with van der Waals surface area (Å²) in [6.07, 6.45) is -0.387. The molecule has 0 aliphatic carbocycles. The first-order valence-electron chi connectivity index (χ1n) is 7.39.